The number of carbonyl (C=O) groups is 1. The number of carbonyl (C=O) groups excluding carboxylic acids is 1. The molecule has 2 aliphatic rings. The van der Waals surface area contributed by atoms with Crippen molar-refractivity contribution in [3.05, 3.63) is 89.7 Å². The summed E-state index contributed by atoms with van der Waals surface area (Å²) in [5, 5.41) is 2.96. The quantitative estimate of drug-likeness (QED) is 0.624. The third-order valence-corrected chi connectivity index (χ3v) is 6.67. The fourth-order valence-corrected chi connectivity index (χ4v) is 4.98. The van der Waals surface area contributed by atoms with Crippen molar-refractivity contribution in [1.82, 2.24) is 10.3 Å². The van der Waals surface area contributed by atoms with Gasteiger partial charge >= 0.3 is 6.18 Å². The number of hydrogen-bond donors (Lipinski definition) is 1. The van der Waals surface area contributed by atoms with Gasteiger partial charge in [0.2, 0.25) is 5.91 Å². The average molecular weight is 467 g/mol. The molecule has 0 bridgehead atoms. The molecule has 5 rings (SSSR count). The molecule has 0 spiro atoms. The van der Waals surface area contributed by atoms with Crippen LogP contribution >= 0.6 is 0 Å². The van der Waals surface area contributed by atoms with E-state index in [1.807, 2.05) is 42.5 Å². The number of anilines is 2. The van der Waals surface area contributed by atoms with Gasteiger partial charge in [0.1, 0.15) is 0 Å². The third-order valence-electron chi connectivity index (χ3n) is 6.67. The SMILES string of the molecule is O=C(NCc1ccccn1)[C@H]1Cc2cc(C(F)(F)F)ccc2N2CCN(c3ccccc3)C[C@@H]12. The second-order valence-corrected chi connectivity index (χ2v) is 8.73. The number of pyridine rings is 1. The Bertz CT molecular complexity index is 1150. The summed E-state index contributed by atoms with van der Waals surface area (Å²) < 4.78 is 40.2. The lowest BCUT2D eigenvalue weighted by atomic mass is 9.82. The zero-order valence-electron chi connectivity index (χ0n) is 18.5. The van der Waals surface area contributed by atoms with Crippen LogP contribution in [0.25, 0.3) is 0 Å². The summed E-state index contributed by atoms with van der Waals surface area (Å²) in [6.07, 6.45) is -2.50. The third kappa shape index (κ3) is 4.44. The number of alkyl halides is 3. The molecule has 1 aromatic heterocycles. The first-order chi connectivity index (χ1) is 16.4. The van der Waals surface area contributed by atoms with Crippen molar-refractivity contribution < 1.29 is 18.0 Å². The van der Waals surface area contributed by atoms with E-state index in [1.54, 1.807) is 18.3 Å². The molecule has 1 fully saturated rings. The second-order valence-electron chi connectivity index (χ2n) is 8.73. The summed E-state index contributed by atoms with van der Waals surface area (Å²) in [4.78, 5) is 22.0. The number of benzene rings is 2. The molecule has 2 atom stereocenters. The molecule has 0 radical (unpaired) electrons. The topological polar surface area (TPSA) is 48.5 Å². The van der Waals surface area contributed by atoms with Gasteiger partial charge in [-0.05, 0) is 54.4 Å². The number of para-hydroxylation sites is 1. The minimum absolute atomic E-state index is 0.151. The lowest BCUT2D eigenvalue weighted by Crippen LogP contribution is -2.61. The Morgan fingerprint density at radius 1 is 1.03 bits per heavy atom. The van der Waals surface area contributed by atoms with E-state index < -0.39 is 17.7 Å². The maximum atomic E-state index is 13.4. The van der Waals surface area contributed by atoms with Crippen LogP contribution in [-0.2, 0) is 23.9 Å². The second kappa shape index (κ2) is 9.00. The van der Waals surface area contributed by atoms with Crippen LogP contribution in [0.2, 0.25) is 0 Å². The molecule has 3 heterocycles. The Labute approximate surface area is 196 Å². The average Bonchev–Trinajstić information content (AvgIpc) is 2.86. The van der Waals surface area contributed by atoms with Crippen LogP contribution in [0.3, 0.4) is 0 Å². The van der Waals surface area contributed by atoms with Crippen LogP contribution in [0.15, 0.2) is 72.9 Å². The number of nitrogens with zero attached hydrogens (tertiary/aromatic N) is 3. The number of fused-ring (bicyclic) bond motifs is 3. The summed E-state index contributed by atoms with van der Waals surface area (Å²) >= 11 is 0. The van der Waals surface area contributed by atoms with Gasteiger partial charge < -0.3 is 15.1 Å². The predicted molar refractivity (Wildman–Crippen MR) is 125 cm³/mol. The number of piperazine rings is 1. The van der Waals surface area contributed by atoms with Gasteiger partial charge in [0.15, 0.2) is 0 Å². The molecule has 0 unspecified atom stereocenters. The van der Waals surface area contributed by atoms with Gasteiger partial charge in [0.05, 0.1) is 29.8 Å². The summed E-state index contributed by atoms with van der Waals surface area (Å²) in [6.45, 7) is 2.25. The lowest BCUT2D eigenvalue weighted by Gasteiger charge is -2.49. The van der Waals surface area contributed by atoms with Crippen LogP contribution in [-0.4, -0.2) is 36.6 Å². The van der Waals surface area contributed by atoms with E-state index in [0.717, 1.165) is 29.7 Å². The van der Waals surface area contributed by atoms with Gasteiger partial charge in [0, 0.05) is 37.2 Å². The van der Waals surface area contributed by atoms with Crippen molar-refractivity contribution in [1.29, 1.82) is 0 Å². The highest BCUT2D eigenvalue weighted by atomic mass is 19.4. The van der Waals surface area contributed by atoms with E-state index in [9.17, 15) is 18.0 Å². The standard InChI is InChI=1S/C26H25F3N4O/c27-26(28,29)19-9-10-23-18(14-19)15-22(25(34)31-16-20-6-4-5-11-30-20)24-17-32(12-13-33(23)24)21-7-2-1-3-8-21/h1-11,14,22,24H,12-13,15-17H2,(H,31,34)/t22-,24-/m0/s1. The van der Waals surface area contributed by atoms with Crippen LogP contribution in [0.1, 0.15) is 16.8 Å². The van der Waals surface area contributed by atoms with E-state index in [4.69, 9.17) is 0 Å². The molecule has 1 amide bonds. The van der Waals surface area contributed by atoms with Crippen molar-refractivity contribution in [2.24, 2.45) is 5.92 Å². The Hall–Kier alpha value is -3.55. The summed E-state index contributed by atoms with van der Waals surface area (Å²) in [5.41, 5.74) is 2.49. The van der Waals surface area contributed by atoms with Crippen molar-refractivity contribution in [3.63, 3.8) is 0 Å². The van der Waals surface area contributed by atoms with Crippen LogP contribution in [0.4, 0.5) is 24.5 Å². The number of nitrogens with one attached hydrogen (secondary N) is 1. The molecule has 8 heteroatoms. The smallest absolute Gasteiger partial charge is 0.368 e. The Kier molecular flexibility index (Phi) is 5.89. The zero-order chi connectivity index (χ0) is 23.7. The number of rotatable bonds is 4. The first kappa shape index (κ1) is 22.3. The van der Waals surface area contributed by atoms with Crippen molar-refractivity contribution in [3.8, 4) is 0 Å². The maximum absolute atomic E-state index is 13.4. The van der Waals surface area contributed by atoms with E-state index in [2.05, 4.69) is 20.1 Å². The van der Waals surface area contributed by atoms with Crippen molar-refractivity contribution in [2.75, 3.05) is 29.4 Å². The van der Waals surface area contributed by atoms with Gasteiger partial charge in [-0.2, -0.15) is 13.2 Å². The van der Waals surface area contributed by atoms with E-state index >= 15 is 0 Å². The fourth-order valence-electron chi connectivity index (χ4n) is 4.98. The molecule has 5 nitrogen and oxygen atoms in total. The zero-order valence-corrected chi connectivity index (χ0v) is 18.5. The number of aromatic nitrogens is 1. The van der Waals surface area contributed by atoms with Crippen LogP contribution < -0.4 is 15.1 Å². The summed E-state index contributed by atoms with van der Waals surface area (Å²) in [7, 11) is 0. The van der Waals surface area contributed by atoms with E-state index in [-0.39, 0.29) is 24.9 Å². The van der Waals surface area contributed by atoms with E-state index in [0.29, 0.717) is 18.7 Å². The van der Waals surface area contributed by atoms with Crippen molar-refractivity contribution in [2.45, 2.75) is 25.2 Å². The summed E-state index contributed by atoms with van der Waals surface area (Å²) in [6, 6.07) is 19.2. The monoisotopic (exact) mass is 466 g/mol. The minimum Gasteiger partial charge on any atom is -0.368 e. The lowest BCUT2D eigenvalue weighted by molar-refractivity contribution is -0.137. The maximum Gasteiger partial charge on any atom is 0.416 e. The van der Waals surface area contributed by atoms with Gasteiger partial charge in [-0.1, -0.05) is 24.3 Å². The molecule has 2 aliphatic heterocycles. The highest BCUT2D eigenvalue weighted by Gasteiger charge is 2.42. The molecular formula is C26H25F3N4O. The van der Waals surface area contributed by atoms with Gasteiger partial charge in [-0.25, -0.2) is 0 Å². The molecule has 176 valence electrons. The summed E-state index contributed by atoms with van der Waals surface area (Å²) in [5.74, 6) is -0.648. The first-order valence-electron chi connectivity index (χ1n) is 11.3. The molecule has 34 heavy (non-hydrogen) atoms. The number of amides is 1. The predicted octanol–water partition coefficient (Wildman–Crippen LogP) is 4.28. The highest BCUT2D eigenvalue weighted by molar-refractivity contribution is 5.82. The molecule has 1 saturated heterocycles. The number of hydrogen-bond acceptors (Lipinski definition) is 4. The highest BCUT2D eigenvalue weighted by Crippen LogP contribution is 2.40. The largest absolute Gasteiger partial charge is 0.416 e. The van der Waals surface area contributed by atoms with Crippen LogP contribution in [0, 0.1) is 5.92 Å². The Morgan fingerprint density at radius 2 is 1.82 bits per heavy atom. The molecule has 2 aromatic carbocycles. The molecule has 1 N–H and O–H groups in total. The molecule has 3 aromatic rings. The number of halogens is 3. The molecule has 0 aliphatic carbocycles. The molecular weight excluding hydrogens is 441 g/mol. The van der Waals surface area contributed by atoms with Gasteiger partial charge in [0.25, 0.3) is 0 Å². The van der Waals surface area contributed by atoms with Gasteiger partial charge in [-0.3, -0.25) is 9.78 Å². The Balaban J connectivity index is 1.44. The Morgan fingerprint density at radius 3 is 2.56 bits per heavy atom. The normalized spacial score (nSPS) is 19.9. The van der Waals surface area contributed by atoms with Gasteiger partial charge in [-0.15, -0.1) is 0 Å². The minimum atomic E-state index is -4.42. The van der Waals surface area contributed by atoms with Crippen LogP contribution in [0.5, 0.6) is 0 Å². The fraction of sp³-hybridized carbons (Fsp3) is 0.308. The van der Waals surface area contributed by atoms with E-state index in [1.165, 1.54) is 6.07 Å². The molecule has 0 saturated carbocycles. The van der Waals surface area contributed by atoms with Crippen molar-refractivity contribution >= 4 is 17.3 Å². The first-order valence-corrected chi connectivity index (χ1v) is 11.3.